The van der Waals surface area contributed by atoms with E-state index in [9.17, 15) is 9.18 Å². The second-order valence-electron chi connectivity index (χ2n) is 5.59. The summed E-state index contributed by atoms with van der Waals surface area (Å²) in [7, 11) is 0. The van der Waals surface area contributed by atoms with Crippen molar-refractivity contribution in [3.8, 4) is 0 Å². The van der Waals surface area contributed by atoms with Crippen LogP contribution in [0.15, 0.2) is 47.8 Å². The molecule has 0 saturated carbocycles. The molecule has 0 fully saturated rings. The van der Waals surface area contributed by atoms with Crippen LogP contribution in [0.1, 0.15) is 19.0 Å². The number of pyridine rings is 1. The second kappa shape index (κ2) is 6.75. The third-order valence-electron chi connectivity index (χ3n) is 3.91. The summed E-state index contributed by atoms with van der Waals surface area (Å²) in [4.78, 5) is 19.3. The van der Waals surface area contributed by atoms with E-state index in [-0.39, 0.29) is 11.5 Å². The number of aromatic nitrogens is 3. The lowest BCUT2D eigenvalue weighted by molar-refractivity contribution is 0.433. The van der Waals surface area contributed by atoms with Crippen LogP contribution < -0.4 is 10.7 Å². The molecule has 2 aromatic heterocycles. The van der Waals surface area contributed by atoms with Gasteiger partial charge in [0.25, 0.3) is 0 Å². The van der Waals surface area contributed by atoms with E-state index in [1.165, 1.54) is 18.2 Å². The molecule has 23 heavy (non-hydrogen) atoms. The summed E-state index contributed by atoms with van der Waals surface area (Å²) in [6, 6.07) is 6.01. The van der Waals surface area contributed by atoms with Crippen molar-refractivity contribution in [2.75, 3.05) is 0 Å². The lowest BCUT2D eigenvalue weighted by Crippen LogP contribution is -2.32. The fourth-order valence-corrected chi connectivity index (χ4v) is 2.61. The first kappa shape index (κ1) is 15.4. The van der Waals surface area contributed by atoms with Crippen molar-refractivity contribution in [3.05, 3.63) is 64.7 Å². The lowest BCUT2D eigenvalue weighted by Gasteiger charge is -2.17. The molecule has 0 bridgehead atoms. The maximum absolute atomic E-state index is 13.2. The van der Waals surface area contributed by atoms with Gasteiger partial charge in [0.1, 0.15) is 5.82 Å². The van der Waals surface area contributed by atoms with E-state index in [1.807, 2.05) is 10.8 Å². The van der Waals surface area contributed by atoms with E-state index in [4.69, 9.17) is 0 Å². The highest BCUT2D eigenvalue weighted by Crippen LogP contribution is 2.10. The molecule has 0 saturated heterocycles. The highest BCUT2D eigenvalue weighted by molar-refractivity contribution is 5.78. The van der Waals surface area contributed by atoms with Gasteiger partial charge in [-0.25, -0.2) is 9.37 Å². The molecule has 3 aromatic rings. The van der Waals surface area contributed by atoms with Crippen molar-refractivity contribution >= 4 is 10.9 Å². The Balaban J connectivity index is 1.73. The van der Waals surface area contributed by atoms with Gasteiger partial charge in [0, 0.05) is 54.2 Å². The van der Waals surface area contributed by atoms with Gasteiger partial charge in [-0.3, -0.25) is 4.79 Å². The normalized spacial score (nSPS) is 12.6. The Hall–Kier alpha value is -2.47. The molecule has 0 aliphatic heterocycles. The average Bonchev–Trinajstić information content (AvgIpc) is 3.05. The Morgan fingerprint density at radius 1 is 1.39 bits per heavy atom. The number of benzene rings is 1. The second-order valence-corrected chi connectivity index (χ2v) is 5.59. The number of nitrogens with zero attached hydrogens (tertiary/aromatic N) is 2. The number of H-pyrrole nitrogens is 1. The first-order valence-electron chi connectivity index (χ1n) is 7.66. The van der Waals surface area contributed by atoms with Crippen molar-refractivity contribution in [2.45, 2.75) is 32.5 Å². The third kappa shape index (κ3) is 3.65. The van der Waals surface area contributed by atoms with Gasteiger partial charge in [0.2, 0.25) is 0 Å². The van der Waals surface area contributed by atoms with E-state index in [1.54, 1.807) is 18.6 Å². The molecule has 120 valence electrons. The molecule has 0 radical (unpaired) electrons. The number of halogens is 1. The minimum Gasteiger partial charge on any atom is -0.357 e. The van der Waals surface area contributed by atoms with Crippen LogP contribution in [0.4, 0.5) is 4.39 Å². The zero-order valence-corrected chi connectivity index (χ0v) is 12.9. The van der Waals surface area contributed by atoms with E-state index >= 15 is 0 Å². The van der Waals surface area contributed by atoms with E-state index in [2.05, 4.69) is 22.2 Å². The first-order chi connectivity index (χ1) is 11.2. The molecule has 0 spiro atoms. The molecule has 0 amide bonds. The van der Waals surface area contributed by atoms with Crippen LogP contribution in [0.3, 0.4) is 0 Å². The van der Waals surface area contributed by atoms with Crippen molar-refractivity contribution in [1.82, 2.24) is 19.9 Å². The molecular weight excluding hydrogens is 295 g/mol. The Kier molecular flexibility index (Phi) is 4.52. The largest absolute Gasteiger partial charge is 0.357 e. The van der Waals surface area contributed by atoms with E-state index in [0.29, 0.717) is 17.4 Å². The predicted molar refractivity (Wildman–Crippen MR) is 87.7 cm³/mol. The van der Waals surface area contributed by atoms with Crippen LogP contribution in [0.5, 0.6) is 0 Å². The monoisotopic (exact) mass is 314 g/mol. The number of fused-ring (bicyclic) bond motifs is 1. The standard InChI is InChI=1S/C17H19FN4O/c1-2-13(10-22-6-5-19-11-22)20-9-14-8-17(23)15-7-12(18)3-4-16(15)21-14/h3-8,11,13,20H,2,9-10H2,1H3,(H,21,23). The maximum atomic E-state index is 13.2. The van der Waals surface area contributed by atoms with Crippen molar-refractivity contribution in [2.24, 2.45) is 0 Å². The number of hydrogen-bond acceptors (Lipinski definition) is 3. The fraction of sp³-hybridized carbons (Fsp3) is 0.294. The van der Waals surface area contributed by atoms with Gasteiger partial charge in [-0.05, 0) is 24.6 Å². The van der Waals surface area contributed by atoms with Gasteiger partial charge < -0.3 is 14.9 Å². The lowest BCUT2D eigenvalue weighted by atomic mass is 10.1. The Bertz CT molecular complexity index is 841. The van der Waals surface area contributed by atoms with Gasteiger partial charge in [-0.15, -0.1) is 0 Å². The van der Waals surface area contributed by atoms with Gasteiger partial charge in [-0.1, -0.05) is 6.92 Å². The van der Waals surface area contributed by atoms with E-state index in [0.717, 1.165) is 18.7 Å². The molecule has 0 aliphatic carbocycles. The topological polar surface area (TPSA) is 62.7 Å². The summed E-state index contributed by atoms with van der Waals surface area (Å²) in [5.74, 6) is -0.403. The molecule has 1 unspecified atom stereocenters. The minimum atomic E-state index is -0.403. The Morgan fingerprint density at radius 3 is 3.00 bits per heavy atom. The van der Waals surface area contributed by atoms with Crippen LogP contribution in [0.2, 0.25) is 0 Å². The highest BCUT2D eigenvalue weighted by atomic mass is 19.1. The number of nitrogens with one attached hydrogen (secondary N) is 2. The van der Waals surface area contributed by atoms with Crippen LogP contribution in [0, 0.1) is 5.82 Å². The molecule has 6 heteroatoms. The van der Waals surface area contributed by atoms with Gasteiger partial charge >= 0.3 is 0 Å². The smallest absolute Gasteiger partial charge is 0.189 e. The van der Waals surface area contributed by atoms with Gasteiger partial charge in [0.15, 0.2) is 5.43 Å². The molecule has 5 nitrogen and oxygen atoms in total. The first-order valence-corrected chi connectivity index (χ1v) is 7.66. The summed E-state index contributed by atoms with van der Waals surface area (Å²) in [6.07, 6.45) is 6.43. The molecule has 0 aliphatic rings. The zero-order chi connectivity index (χ0) is 16.2. The molecule has 2 heterocycles. The molecular formula is C17H19FN4O. The summed E-state index contributed by atoms with van der Waals surface area (Å²) in [5, 5.41) is 3.81. The molecule has 1 atom stereocenters. The number of imidazole rings is 1. The summed E-state index contributed by atoms with van der Waals surface area (Å²) in [6.45, 7) is 3.48. The minimum absolute atomic E-state index is 0.169. The number of hydrogen-bond donors (Lipinski definition) is 2. The zero-order valence-electron chi connectivity index (χ0n) is 12.9. The number of aromatic amines is 1. The predicted octanol–water partition coefficient (Wildman–Crippen LogP) is 2.43. The van der Waals surface area contributed by atoms with Gasteiger partial charge in [-0.2, -0.15) is 0 Å². The van der Waals surface area contributed by atoms with Crippen LogP contribution in [-0.4, -0.2) is 20.6 Å². The van der Waals surface area contributed by atoms with Crippen molar-refractivity contribution in [3.63, 3.8) is 0 Å². The van der Waals surface area contributed by atoms with Crippen LogP contribution >= 0.6 is 0 Å². The van der Waals surface area contributed by atoms with Crippen LogP contribution in [-0.2, 0) is 13.1 Å². The SMILES string of the molecule is CCC(Cn1ccnc1)NCc1cc(=O)c2cc(F)ccc2[nH]1. The van der Waals surface area contributed by atoms with E-state index < -0.39 is 5.82 Å². The highest BCUT2D eigenvalue weighted by Gasteiger charge is 2.08. The Morgan fingerprint density at radius 2 is 2.26 bits per heavy atom. The number of rotatable bonds is 6. The van der Waals surface area contributed by atoms with Crippen molar-refractivity contribution in [1.29, 1.82) is 0 Å². The quantitative estimate of drug-likeness (QED) is 0.734. The summed E-state index contributed by atoms with van der Waals surface area (Å²) >= 11 is 0. The van der Waals surface area contributed by atoms with Crippen molar-refractivity contribution < 1.29 is 4.39 Å². The molecule has 1 aromatic carbocycles. The summed E-state index contributed by atoms with van der Waals surface area (Å²) in [5.41, 5.74) is 1.27. The fourth-order valence-electron chi connectivity index (χ4n) is 2.61. The average molecular weight is 314 g/mol. The summed E-state index contributed by atoms with van der Waals surface area (Å²) < 4.78 is 15.2. The van der Waals surface area contributed by atoms with Crippen LogP contribution in [0.25, 0.3) is 10.9 Å². The maximum Gasteiger partial charge on any atom is 0.189 e. The third-order valence-corrected chi connectivity index (χ3v) is 3.91. The molecule has 3 rings (SSSR count). The molecule has 2 N–H and O–H groups in total. The van der Waals surface area contributed by atoms with Gasteiger partial charge in [0.05, 0.1) is 6.33 Å². The Labute approximate surface area is 133 Å².